The maximum atomic E-state index is 10.9. The molecule has 1 atom stereocenters. The zero-order valence-corrected chi connectivity index (χ0v) is 7.46. The Kier molecular flexibility index (Phi) is 4.59. The summed E-state index contributed by atoms with van der Waals surface area (Å²) in [6.45, 7) is 9.39. The van der Waals surface area contributed by atoms with Crippen LogP contribution >= 0.6 is 0 Å². The first-order valence-electron chi connectivity index (χ1n) is 3.88. The molecule has 0 bridgehead atoms. The molecular weight excluding hydrogens is 140 g/mol. The highest BCUT2D eigenvalue weighted by Gasteiger charge is 2.10. The van der Waals surface area contributed by atoms with E-state index in [4.69, 9.17) is 4.74 Å². The van der Waals surface area contributed by atoms with Gasteiger partial charge in [0, 0.05) is 0 Å². The van der Waals surface area contributed by atoms with E-state index in [-0.39, 0.29) is 12.1 Å². The molecule has 0 fully saturated rings. The van der Waals surface area contributed by atoms with E-state index in [1.807, 2.05) is 20.8 Å². The molecule has 11 heavy (non-hydrogen) atoms. The van der Waals surface area contributed by atoms with Crippen LogP contribution in [0.4, 0.5) is 0 Å². The van der Waals surface area contributed by atoms with Gasteiger partial charge in [-0.25, -0.2) is 0 Å². The zero-order chi connectivity index (χ0) is 8.85. The summed E-state index contributed by atoms with van der Waals surface area (Å²) in [6, 6.07) is 0. The highest BCUT2D eigenvalue weighted by molar-refractivity contribution is 5.71. The quantitative estimate of drug-likeness (QED) is 0.460. The van der Waals surface area contributed by atoms with Gasteiger partial charge in [-0.15, -0.1) is 6.58 Å². The van der Waals surface area contributed by atoms with Crippen LogP contribution in [0.25, 0.3) is 0 Å². The van der Waals surface area contributed by atoms with E-state index >= 15 is 0 Å². The molecule has 0 rings (SSSR count). The summed E-state index contributed by atoms with van der Waals surface area (Å²) in [5.74, 6) is 0.185. The van der Waals surface area contributed by atoms with Crippen LogP contribution in [-0.2, 0) is 9.53 Å². The minimum absolute atomic E-state index is 0.00227. The van der Waals surface area contributed by atoms with Crippen molar-refractivity contribution in [3.05, 3.63) is 12.7 Å². The van der Waals surface area contributed by atoms with Crippen molar-refractivity contribution in [1.29, 1.82) is 0 Å². The standard InChI is InChI=1S/C9H16O2/c1-5-6-9(10)11-8(4)7(2)3/h5,7-8H,1,6H2,2-4H3/t8-/m1/s1. The first-order chi connectivity index (χ1) is 5.07. The summed E-state index contributed by atoms with van der Waals surface area (Å²) in [4.78, 5) is 10.9. The van der Waals surface area contributed by atoms with Gasteiger partial charge in [0.15, 0.2) is 0 Å². The number of carbonyl (C=O) groups excluding carboxylic acids is 1. The SMILES string of the molecule is C=CCC(=O)O[C@H](C)C(C)C. The van der Waals surface area contributed by atoms with Crippen LogP contribution in [0.5, 0.6) is 0 Å². The Balaban J connectivity index is 3.65. The van der Waals surface area contributed by atoms with Gasteiger partial charge in [-0.1, -0.05) is 19.9 Å². The molecule has 0 aliphatic carbocycles. The summed E-state index contributed by atoms with van der Waals surface area (Å²) in [5, 5.41) is 0. The van der Waals surface area contributed by atoms with E-state index < -0.39 is 0 Å². The van der Waals surface area contributed by atoms with E-state index in [9.17, 15) is 4.79 Å². The molecule has 0 N–H and O–H groups in total. The van der Waals surface area contributed by atoms with Gasteiger partial charge in [-0.05, 0) is 12.8 Å². The molecule has 0 saturated carbocycles. The maximum Gasteiger partial charge on any atom is 0.309 e. The van der Waals surface area contributed by atoms with Gasteiger partial charge in [0.2, 0.25) is 0 Å². The lowest BCUT2D eigenvalue weighted by molar-refractivity contribution is -0.149. The predicted octanol–water partition coefficient (Wildman–Crippen LogP) is 2.15. The van der Waals surface area contributed by atoms with Gasteiger partial charge < -0.3 is 4.74 Å². The molecular formula is C9H16O2. The Hall–Kier alpha value is -0.790. The molecule has 0 amide bonds. The highest BCUT2D eigenvalue weighted by atomic mass is 16.5. The Morgan fingerprint density at radius 2 is 2.09 bits per heavy atom. The number of ether oxygens (including phenoxy) is 1. The molecule has 0 radical (unpaired) electrons. The van der Waals surface area contributed by atoms with Gasteiger partial charge in [-0.2, -0.15) is 0 Å². The number of hydrogen-bond acceptors (Lipinski definition) is 2. The third kappa shape index (κ3) is 4.59. The summed E-state index contributed by atoms with van der Waals surface area (Å²) in [6.07, 6.45) is 1.86. The summed E-state index contributed by atoms with van der Waals surface area (Å²) < 4.78 is 5.04. The highest BCUT2D eigenvalue weighted by Crippen LogP contribution is 2.06. The van der Waals surface area contributed by atoms with E-state index in [1.54, 1.807) is 6.08 Å². The predicted molar refractivity (Wildman–Crippen MR) is 45.2 cm³/mol. The molecule has 0 aromatic heterocycles. The first kappa shape index (κ1) is 10.2. The summed E-state index contributed by atoms with van der Waals surface area (Å²) >= 11 is 0. The minimum Gasteiger partial charge on any atom is -0.462 e. The van der Waals surface area contributed by atoms with Crippen LogP contribution in [0.3, 0.4) is 0 Å². The fourth-order valence-electron chi connectivity index (χ4n) is 0.509. The lowest BCUT2D eigenvalue weighted by Gasteiger charge is -2.15. The number of carbonyl (C=O) groups is 1. The molecule has 0 aliphatic rings. The smallest absolute Gasteiger partial charge is 0.309 e. The average Bonchev–Trinajstić information content (AvgIpc) is 1.87. The molecule has 0 aliphatic heterocycles. The van der Waals surface area contributed by atoms with Crippen LogP contribution < -0.4 is 0 Å². The van der Waals surface area contributed by atoms with Crippen molar-refractivity contribution < 1.29 is 9.53 Å². The second-order valence-electron chi connectivity index (χ2n) is 2.93. The summed E-state index contributed by atoms with van der Waals surface area (Å²) in [5.41, 5.74) is 0. The largest absolute Gasteiger partial charge is 0.462 e. The Bertz CT molecular complexity index is 138. The van der Waals surface area contributed by atoms with Crippen LogP contribution in [0.15, 0.2) is 12.7 Å². The second kappa shape index (κ2) is 4.94. The number of rotatable bonds is 4. The van der Waals surface area contributed by atoms with Crippen LogP contribution in [0.2, 0.25) is 0 Å². The first-order valence-corrected chi connectivity index (χ1v) is 3.88. The van der Waals surface area contributed by atoms with Crippen LogP contribution in [0.1, 0.15) is 27.2 Å². The van der Waals surface area contributed by atoms with Crippen molar-refractivity contribution in [2.24, 2.45) is 5.92 Å². The van der Waals surface area contributed by atoms with Crippen molar-refractivity contribution in [2.75, 3.05) is 0 Å². The van der Waals surface area contributed by atoms with E-state index in [2.05, 4.69) is 6.58 Å². The van der Waals surface area contributed by atoms with Crippen molar-refractivity contribution in [2.45, 2.75) is 33.3 Å². The minimum atomic E-state index is -0.193. The van der Waals surface area contributed by atoms with Gasteiger partial charge in [0.1, 0.15) is 6.10 Å². The summed E-state index contributed by atoms with van der Waals surface area (Å²) in [7, 11) is 0. The molecule has 0 aromatic rings. The van der Waals surface area contributed by atoms with Crippen molar-refractivity contribution in [3.63, 3.8) is 0 Å². The maximum absolute atomic E-state index is 10.9. The molecule has 2 heteroatoms. The monoisotopic (exact) mass is 156 g/mol. The van der Waals surface area contributed by atoms with Crippen LogP contribution in [-0.4, -0.2) is 12.1 Å². The Morgan fingerprint density at radius 1 is 1.55 bits per heavy atom. The molecule has 0 aromatic carbocycles. The second-order valence-corrected chi connectivity index (χ2v) is 2.93. The van der Waals surface area contributed by atoms with Gasteiger partial charge in [-0.3, -0.25) is 4.79 Å². The molecule has 0 heterocycles. The van der Waals surface area contributed by atoms with Crippen LogP contribution in [0, 0.1) is 5.92 Å². The van der Waals surface area contributed by atoms with Crippen molar-refractivity contribution >= 4 is 5.97 Å². The molecule has 64 valence electrons. The zero-order valence-electron chi connectivity index (χ0n) is 7.46. The number of esters is 1. The molecule has 0 saturated heterocycles. The molecule has 0 unspecified atom stereocenters. The lowest BCUT2D eigenvalue weighted by Crippen LogP contribution is -2.19. The fraction of sp³-hybridized carbons (Fsp3) is 0.667. The normalized spacial score (nSPS) is 12.7. The van der Waals surface area contributed by atoms with Gasteiger partial charge >= 0.3 is 5.97 Å². The number of hydrogen-bond donors (Lipinski definition) is 0. The average molecular weight is 156 g/mol. The topological polar surface area (TPSA) is 26.3 Å². The lowest BCUT2D eigenvalue weighted by atomic mass is 10.1. The third-order valence-electron chi connectivity index (χ3n) is 1.57. The van der Waals surface area contributed by atoms with Gasteiger partial charge in [0.25, 0.3) is 0 Å². The molecule has 2 nitrogen and oxygen atoms in total. The fourth-order valence-corrected chi connectivity index (χ4v) is 0.509. The van der Waals surface area contributed by atoms with Crippen molar-refractivity contribution in [1.82, 2.24) is 0 Å². The molecule has 0 spiro atoms. The van der Waals surface area contributed by atoms with E-state index in [1.165, 1.54) is 0 Å². The van der Waals surface area contributed by atoms with E-state index in [0.717, 1.165) is 0 Å². The van der Waals surface area contributed by atoms with E-state index in [0.29, 0.717) is 12.3 Å². The third-order valence-corrected chi connectivity index (χ3v) is 1.57. The van der Waals surface area contributed by atoms with Gasteiger partial charge in [0.05, 0.1) is 6.42 Å². The van der Waals surface area contributed by atoms with Crippen molar-refractivity contribution in [3.8, 4) is 0 Å². The Morgan fingerprint density at radius 3 is 2.45 bits per heavy atom. The Labute approximate surface area is 68.2 Å².